The van der Waals surface area contributed by atoms with E-state index in [-0.39, 0.29) is 11.6 Å². The van der Waals surface area contributed by atoms with Crippen molar-refractivity contribution in [2.75, 3.05) is 5.32 Å². The molecule has 8 heteroatoms. The van der Waals surface area contributed by atoms with Gasteiger partial charge in [-0.2, -0.15) is 9.90 Å². The topological polar surface area (TPSA) is 85.6 Å². The number of amides is 1. The Morgan fingerprint density at radius 3 is 2.67 bits per heavy atom. The van der Waals surface area contributed by atoms with E-state index in [0.29, 0.717) is 11.0 Å². The Labute approximate surface area is 143 Å². The summed E-state index contributed by atoms with van der Waals surface area (Å²) < 4.78 is 0. The van der Waals surface area contributed by atoms with E-state index in [0.717, 1.165) is 23.5 Å². The van der Waals surface area contributed by atoms with E-state index in [9.17, 15) is 4.79 Å². The van der Waals surface area contributed by atoms with Gasteiger partial charge >= 0.3 is 0 Å². The van der Waals surface area contributed by atoms with E-state index in [4.69, 9.17) is 0 Å². The fourth-order valence-electron chi connectivity index (χ4n) is 2.30. The normalized spacial score (nSPS) is 11.0. The first-order valence-electron chi connectivity index (χ1n) is 7.83. The molecule has 7 nitrogen and oxygen atoms in total. The molecule has 24 heavy (non-hydrogen) atoms. The van der Waals surface area contributed by atoms with Crippen LogP contribution in [0.25, 0.3) is 5.69 Å². The molecule has 2 heterocycles. The summed E-state index contributed by atoms with van der Waals surface area (Å²) in [6, 6.07) is 9.42. The van der Waals surface area contributed by atoms with E-state index < -0.39 is 0 Å². The minimum Gasteiger partial charge on any atom is -0.295 e. The highest BCUT2D eigenvalue weighted by molar-refractivity contribution is 7.15. The van der Waals surface area contributed by atoms with Crippen molar-refractivity contribution in [2.24, 2.45) is 0 Å². The molecule has 0 aliphatic heterocycles. The van der Waals surface area contributed by atoms with Crippen molar-refractivity contribution >= 4 is 22.4 Å². The van der Waals surface area contributed by atoms with Crippen LogP contribution < -0.4 is 5.32 Å². The Morgan fingerprint density at radius 2 is 1.96 bits per heavy atom. The summed E-state index contributed by atoms with van der Waals surface area (Å²) in [5.74, 6) is 0.0385. The van der Waals surface area contributed by atoms with Gasteiger partial charge in [0.2, 0.25) is 5.13 Å². The van der Waals surface area contributed by atoms with Gasteiger partial charge in [-0.25, -0.2) is 0 Å². The van der Waals surface area contributed by atoms with Crippen LogP contribution in [0.15, 0.2) is 36.5 Å². The number of hydrogen-bond donors (Lipinski definition) is 1. The van der Waals surface area contributed by atoms with Crippen LogP contribution in [-0.2, 0) is 0 Å². The maximum Gasteiger partial charge on any atom is 0.279 e. The van der Waals surface area contributed by atoms with Gasteiger partial charge in [0.1, 0.15) is 5.01 Å². The third-order valence-electron chi connectivity index (χ3n) is 3.71. The van der Waals surface area contributed by atoms with Gasteiger partial charge in [0.05, 0.1) is 11.9 Å². The van der Waals surface area contributed by atoms with Crippen LogP contribution in [0.1, 0.15) is 48.1 Å². The third-order valence-corrected chi connectivity index (χ3v) is 4.71. The smallest absolute Gasteiger partial charge is 0.279 e. The van der Waals surface area contributed by atoms with E-state index in [1.165, 1.54) is 22.3 Å². The van der Waals surface area contributed by atoms with E-state index >= 15 is 0 Å². The molecule has 0 unspecified atom stereocenters. The van der Waals surface area contributed by atoms with Crippen LogP contribution >= 0.6 is 11.3 Å². The standard InChI is InChI=1S/C16H18N6OS/c1-3-11(4-2)15-19-20-16(24-15)18-14(23)13-10-17-22(21-13)12-8-6-5-7-9-12/h5-11H,3-4H2,1-2H3,(H,18,20,23). The molecule has 0 bridgehead atoms. The number of nitrogens with zero attached hydrogens (tertiary/aromatic N) is 5. The molecule has 1 amide bonds. The molecule has 0 aliphatic carbocycles. The number of para-hydroxylation sites is 1. The molecule has 2 aromatic heterocycles. The monoisotopic (exact) mass is 342 g/mol. The summed E-state index contributed by atoms with van der Waals surface area (Å²) in [5.41, 5.74) is 1.03. The third kappa shape index (κ3) is 3.48. The molecule has 0 saturated heterocycles. The van der Waals surface area contributed by atoms with Crippen molar-refractivity contribution in [3.63, 3.8) is 0 Å². The van der Waals surface area contributed by atoms with Gasteiger partial charge in [0.25, 0.3) is 5.91 Å². The van der Waals surface area contributed by atoms with Crippen LogP contribution in [0.3, 0.4) is 0 Å². The average Bonchev–Trinajstić information content (AvgIpc) is 3.27. The zero-order valence-electron chi connectivity index (χ0n) is 13.5. The summed E-state index contributed by atoms with van der Waals surface area (Å²) in [5, 5.41) is 20.7. The van der Waals surface area contributed by atoms with Crippen molar-refractivity contribution in [1.29, 1.82) is 0 Å². The first-order valence-corrected chi connectivity index (χ1v) is 8.65. The van der Waals surface area contributed by atoms with Crippen molar-refractivity contribution in [1.82, 2.24) is 25.2 Å². The van der Waals surface area contributed by atoms with E-state index in [2.05, 4.69) is 39.6 Å². The van der Waals surface area contributed by atoms with Gasteiger partial charge < -0.3 is 0 Å². The number of hydrogen-bond acceptors (Lipinski definition) is 6. The molecule has 0 spiro atoms. The molecule has 3 rings (SSSR count). The number of nitrogens with one attached hydrogen (secondary N) is 1. The van der Waals surface area contributed by atoms with Gasteiger partial charge in [-0.05, 0) is 25.0 Å². The summed E-state index contributed by atoms with van der Waals surface area (Å²) in [7, 11) is 0. The number of rotatable bonds is 6. The molecule has 0 aliphatic rings. The minimum atomic E-state index is -0.343. The molecule has 0 saturated carbocycles. The summed E-state index contributed by atoms with van der Waals surface area (Å²) in [6.45, 7) is 4.24. The quantitative estimate of drug-likeness (QED) is 0.743. The molecule has 0 atom stereocenters. The number of benzene rings is 1. The Hall–Kier alpha value is -2.61. The van der Waals surface area contributed by atoms with Gasteiger partial charge in [-0.3, -0.25) is 10.1 Å². The van der Waals surface area contributed by atoms with Gasteiger partial charge in [0.15, 0.2) is 5.69 Å². The van der Waals surface area contributed by atoms with Crippen LogP contribution in [-0.4, -0.2) is 31.1 Å². The minimum absolute atomic E-state index is 0.234. The molecule has 0 radical (unpaired) electrons. The number of aromatic nitrogens is 5. The second-order valence-electron chi connectivity index (χ2n) is 5.27. The van der Waals surface area contributed by atoms with Crippen molar-refractivity contribution in [3.8, 4) is 5.69 Å². The van der Waals surface area contributed by atoms with Gasteiger partial charge in [-0.15, -0.1) is 15.3 Å². The molecule has 124 valence electrons. The van der Waals surface area contributed by atoms with Crippen LogP contribution in [0.4, 0.5) is 5.13 Å². The number of carbonyl (C=O) groups excluding carboxylic acids is 1. The van der Waals surface area contributed by atoms with Crippen LogP contribution in [0.5, 0.6) is 0 Å². The van der Waals surface area contributed by atoms with Gasteiger partial charge in [-0.1, -0.05) is 43.4 Å². The highest BCUT2D eigenvalue weighted by Gasteiger charge is 2.17. The summed E-state index contributed by atoms with van der Waals surface area (Å²) in [6.07, 6.45) is 3.44. The highest BCUT2D eigenvalue weighted by Crippen LogP contribution is 2.28. The Balaban J connectivity index is 1.71. The van der Waals surface area contributed by atoms with Crippen molar-refractivity contribution < 1.29 is 4.79 Å². The number of carbonyl (C=O) groups is 1. The van der Waals surface area contributed by atoms with Crippen LogP contribution in [0, 0.1) is 0 Å². The maximum atomic E-state index is 12.3. The SMILES string of the molecule is CCC(CC)c1nnc(NC(=O)c2cnn(-c3ccccc3)n2)s1. The second-order valence-corrected chi connectivity index (χ2v) is 6.28. The first-order chi connectivity index (χ1) is 11.7. The molecular formula is C16H18N6OS. The fourth-order valence-corrected chi connectivity index (χ4v) is 3.31. The summed E-state index contributed by atoms with van der Waals surface area (Å²) in [4.78, 5) is 13.7. The first kappa shape index (κ1) is 16.3. The highest BCUT2D eigenvalue weighted by atomic mass is 32.1. The maximum absolute atomic E-state index is 12.3. The lowest BCUT2D eigenvalue weighted by Crippen LogP contribution is -2.13. The van der Waals surface area contributed by atoms with Crippen molar-refractivity contribution in [2.45, 2.75) is 32.6 Å². The molecule has 1 aromatic carbocycles. The molecular weight excluding hydrogens is 324 g/mol. The zero-order chi connectivity index (χ0) is 16.9. The number of anilines is 1. The van der Waals surface area contributed by atoms with E-state index in [1.54, 1.807) is 0 Å². The van der Waals surface area contributed by atoms with Crippen LogP contribution in [0.2, 0.25) is 0 Å². The fraction of sp³-hybridized carbons (Fsp3) is 0.312. The lowest BCUT2D eigenvalue weighted by molar-refractivity contribution is 0.102. The largest absolute Gasteiger partial charge is 0.295 e. The zero-order valence-corrected chi connectivity index (χ0v) is 14.3. The van der Waals surface area contributed by atoms with Gasteiger partial charge in [0, 0.05) is 5.92 Å². The molecule has 1 N–H and O–H groups in total. The molecule has 0 fully saturated rings. The lowest BCUT2D eigenvalue weighted by atomic mass is 10.1. The summed E-state index contributed by atoms with van der Waals surface area (Å²) >= 11 is 1.41. The molecule has 3 aromatic rings. The predicted octanol–water partition coefficient (Wildman–Crippen LogP) is 3.27. The Morgan fingerprint density at radius 1 is 1.21 bits per heavy atom. The average molecular weight is 342 g/mol. The predicted molar refractivity (Wildman–Crippen MR) is 92.5 cm³/mol. The van der Waals surface area contributed by atoms with Crippen molar-refractivity contribution in [3.05, 3.63) is 47.2 Å². The Bertz CT molecular complexity index is 809. The Kier molecular flexibility index (Phi) is 4.95. The lowest BCUT2D eigenvalue weighted by Gasteiger charge is -2.05. The second kappa shape index (κ2) is 7.31. The van der Waals surface area contributed by atoms with E-state index in [1.807, 2.05) is 30.3 Å².